The van der Waals surface area contributed by atoms with E-state index in [2.05, 4.69) is 42.5 Å². The smallest absolute Gasteiger partial charge is 0.333 e. The van der Waals surface area contributed by atoms with Gasteiger partial charge in [-0.15, -0.1) is 0 Å². The molecule has 7 aromatic rings. The van der Waals surface area contributed by atoms with Crippen LogP contribution in [-0.2, 0) is 78.1 Å². The van der Waals surface area contributed by atoms with Crippen LogP contribution in [-0.4, -0.2) is 278 Å². The first-order chi connectivity index (χ1) is 63.9. The standard InChI is InChI=1S/C92H109Cl3N12O28/c1-40(109)26-56(98-6)83(120)104-73-75(115)47-17-22-60(54(94)28-47)130-62-30-49-31-63(79(62)135-90-80(77(117)76(116)64(38-108)132-90)134-68-36-92(5,82(119)42(3)129-68)99-37-43-10-12-44(13-11-43)45-14-19-50(93)20-15-45)131-61-23-18-48(29-55(61)95)78(133-67-35-91(4,97)81(118)41(2)128-67)74-88(125)103-72(89(126)127-39-66(114)107(9)25-24-106(7)8)53-32-51(110)33-59(112)69(53)52-27-46(16-21-58(52)111)70(85(122)105-74)102-86(123)71(49)101-84(121)57(34-65(96)113)100-87(73)124/h10-23,27-33,40-42,56-57,64,67-68,70-78,80-82,90,98-99,108-112,115-119H,24-26,34-39,97H2,1-9H3,(H2,96,113)(H,100,124)(H,101,121)(H,102,123)(H,103,125)(H,104,120)(H,105,122)/t40?,41-,42-,56+,57-,64+,67-,68-,70+,71+,72-,73+,74-,75+,76+,77-,78+,80+,81-,82-,90-,91-,92-/m0/s1. The fourth-order valence-electron chi connectivity index (χ4n) is 16.8. The Morgan fingerprint density at radius 1 is 0.644 bits per heavy atom. The molecule has 1 unspecified atom stereocenters. The second-order valence-electron chi connectivity index (χ2n) is 35.1. The first kappa shape index (κ1) is 101. The molecule has 7 aromatic carbocycles. The number of phenolic OH excluding ortho intramolecular Hbond substituents is 3. The second-order valence-corrected chi connectivity index (χ2v) is 36.3. The number of carbonyl (C=O) groups is 9. The van der Waals surface area contributed by atoms with Crippen molar-refractivity contribution in [1.82, 2.24) is 52.3 Å². The summed E-state index contributed by atoms with van der Waals surface area (Å²) in [6.45, 7) is 6.27. The van der Waals surface area contributed by atoms with Crippen molar-refractivity contribution in [3.63, 3.8) is 0 Å². The molecule has 43 heteroatoms. The molecule has 0 saturated carbocycles. The highest BCUT2D eigenvalue weighted by molar-refractivity contribution is 6.32. The zero-order valence-electron chi connectivity index (χ0n) is 74.6. The number of aliphatic hydroxyl groups is 7. The predicted octanol–water partition coefficient (Wildman–Crippen LogP) is 2.70. The minimum absolute atomic E-state index is 0.139. The topological polar surface area (TPSA) is 594 Å². The number of primary amides is 1. The van der Waals surface area contributed by atoms with E-state index in [9.17, 15) is 65.4 Å². The molecule has 0 aliphatic carbocycles. The number of hydrogen-bond acceptors (Lipinski definition) is 32. The number of amides is 8. The van der Waals surface area contributed by atoms with Gasteiger partial charge in [0.25, 0.3) is 5.91 Å². The molecule has 726 valence electrons. The SMILES string of the molecule is CN[C@H](CC(C)O)C(=O)N[C@H]1C(=O)N[C@@H](CC(N)=O)C(=O)N[C@H]2C(=O)N[C@H]3C(=O)N[C@H](C(=O)N[C@H](C(=O)OCC(=O)N(C)CCN(C)C)c4cc(O)cc(O)c4-c4cc3ccc4O)[C@H](O[C@H]3C[C@](C)(N)[C@@H](O)[C@H](C)O3)c3ccc(c(Cl)c3)Oc3cc2cc(c3O[C@@H]2O[C@H](CO)[C@@H](O)[C@H](O)[C@H]2O[C@H]2C[C@](C)(NCc3ccc(-c4ccc(Cl)cc4)cc3)[C@@H](O)[C@H](C)O2)Oc2ccc(cc2Cl)[C@H]1O. The molecule has 0 aromatic heterocycles. The van der Waals surface area contributed by atoms with Gasteiger partial charge in [0.2, 0.25) is 53.4 Å². The van der Waals surface area contributed by atoms with Gasteiger partial charge in [0, 0.05) is 78.4 Å². The number of nitrogens with one attached hydrogen (secondary N) is 8. The van der Waals surface area contributed by atoms with Gasteiger partial charge >= 0.3 is 5.97 Å². The van der Waals surface area contributed by atoms with Gasteiger partial charge in [0.05, 0.1) is 59.6 Å². The molecule has 23 atom stereocenters. The molecular formula is C92H109Cl3N12O28. The summed E-state index contributed by atoms with van der Waals surface area (Å²) in [4.78, 5) is 140. The number of rotatable bonds is 24. The van der Waals surface area contributed by atoms with Crippen molar-refractivity contribution in [2.45, 2.75) is 206 Å². The van der Waals surface area contributed by atoms with Crippen LogP contribution in [0.1, 0.15) is 124 Å². The number of hydrogen-bond donors (Lipinski definition) is 20. The minimum Gasteiger partial charge on any atom is -0.508 e. The molecule has 3 saturated heterocycles. The summed E-state index contributed by atoms with van der Waals surface area (Å²) in [6.07, 6.45) is -25.0. The number of benzene rings is 7. The van der Waals surface area contributed by atoms with Crippen LogP contribution in [0.25, 0.3) is 22.3 Å². The lowest BCUT2D eigenvalue weighted by Gasteiger charge is -2.48. The maximum atomic E-state index is 16.7. The molecule has 15 rings (SSSR count). The second kappa shape index (κ2) is 42.6. The molecule has 22 N–H and O–H groups in total. The van der Waals surface area contributed by atoms with E-state index in [0.29, 0.717) is 11.6 Å². The fraction of sp³-hybridized carbons (Fsp3) is 0.446. The Bertz CT molecular complexity index is 5570. The number of ether oxygens (including phenoxy) is 9. The highest BCUT2D eigenvalue weighted by Crippen LogP contribution is 2.51. The van der Waals surface area contributed by atoms with E-state index >= 15 is 28.8 Å². The van der Waals surface area contributed by atoms with E-state index in [-0.39, 0.29) is 43.5 Å². The van der Waals surface area contributed by atoms with Gasteiger partial charge < -0.3 is 157 Å². The summed E-state index contributed by atoms with van der Waals surface area (Å²) in [5.41, 5.74) is 9.49. The van der Waals surface area contributed by atoms with E-state index in [1.54, 1.807) is 45.0 Å². The first-order valence-corrected chi connectivity index (χ1v) is 44.4. The van der Waals surface area contributed by atoms with Gasteiger partial charge in [-0.25, -0.2) is 4.79 Å². The summed E-state index contributed by atoms with van der Waals surface area (Å²) < 4.78 is 58.9. The van der Waals surface area contributed by atoms with E-state index in [0.717, 1.165) is 65.2 Å². The van der Waals surface area contributed by atoms with Crippen molar-refractivity contribution in [3.8, 4) is 68.2 Å². The maximum absolute atomic E-state index is 16.7. The molecule has 40 nitrogen and oxygen atoms in total. The van der Waals surface area contributed by atoms with E-state index in [1.807, 2.05) is 36.4 Å². The molecule has 3 fully saturated rings. The summed E-state index contributed by atoms with van der Waals surface area (Å²) in [6, 6.07) is 13.9. The Morgan fingerprint density at radius 2 is 1.24 bits per heavy atom. The van der Waals surface area contributed by atoms with Crippen molar-refractivity contribution in [3.05, 3.63) is 176 Å². The molecule has 11 bridgehead atoms. The monoisotopic (exact) mass is 1930 g/mol. The first-order valence-electron chi connectivity index (χ1n) is 43.3. The quantitative estimate of drug-likeness (QED) is 0.0387. The summed E-state index contributed by atoms with van der Waals surface area (Å²) in [5.74, 6) is -16.9. The molecular weight excluding hydrogens is 1830 g/mol. The number of nitrogens with zero attached hydrogens (tertiary/aromatic N) is 2. The summed E-state index contributed by atoms with van der Waals surface area (Å²) >= 11 is 21.0. The average Bonchev–Trinajstić information content (AvgIpc) is 0.761. The molecule has 135 heavy (non-hydrogen) atoms. The van der Waals surface area contributed by atoms with Crippen LogP contribution < -0.4 is 68.2 Å². The van der Waals surface area contributed by atoms with Crippen molar-refractivity contribution in [2.24, 2.45) is 11.5 Å². The fourth-order valence-corrected chi connectivity index (χ4v) is 17.4. The number of aliphatic hydroxyl groups excluding tert-OH is 7. The zero-order valence-corrected chi connectivity index (χ0v) is 76.9. The number of likely N-dealkylation sites (N-methyl/N-ethyl adjacent to an activating group) is 3. The number of carbonyl (C=O) groups excluding carboxylic acids is 9. The lowest BCUT2D eigenvalue weighted by atomic mass is 9.84. The molecule has 0 radical (unpaired) electrons. The summed E-state index contributed by atoms with van der Waals surface area (Å²) in [5, 5.41) is 139. The van der Waals surface area contributed by atoms with Crippen molar-refractivity contribution < 1.29 is 137 Å². The number of fused-ring (bicyclic) bond motifs is 15. The lowest BCUT2D eigenvalue weighted by Crippen LogP contribution is -2.65. The molecule has 8 aliphatic heterocycles. The Balaban J connectivity index is 1.02. The normalized spacial score (nSPS) is 28.6. The van der Waals surface area contributed by atoms with Crippen molar-refractivity contribution in [1.29, 1.82) is 0 Å². The molecule has 0 spiro atoms. The van der Waals surface area contributed by atoms with Gasteiger partial charge in [0.15, 0.2) is 42.8 Å². The minimum atomic E-state index is -2.44. The molecule has 8 aliphatic rings. The van der Waals surface area contributed by atoms with Gasteiger partial charge in [-0.1, -0.05) is 89.4 Å². The average molecular weight is 1940 g/mol. The highest BCUT2D eigenvalue weighted by atomic mass is 35.5. The number of phenols is 3. The number of nitrogens with two attached hydrogens (primary N) is 2. The highest BCUT2D eigenvalue weighted by Gasteiger charge is 2.53. The van der Waals surface area contributed by atoms with Crippen LogP contribution in [0.4, 0.5) is 0 Å². The van der Waals surface area contributed by atoms with Crippen LogP contribution in [0.2, 0.25) is 15.1 Å². The zero-order chi connectivity index (χ0) is 97.8. The lowest BCUT2D eigenvalue weighted by molar-refractivity contribution is -0.334. The number of halogens is 3. The number of esters is 1. The van der Waals surface area contributed by atoms with Gasteiger partial charge in [0.1, 0.15) is 89.5 Å². The van der Waals surface area contributed by atoms with E-state index in [1.165, 1.54) is 70.1 Å². The Morgan fingerprint density at radius 3 is 1.86 bits per heavy atom. The van der Waals surface area contributed by atoms with Crippen LogP contribution >= 0.6 is 34.8 Å². The van der Waals surface area contributed by atoms with E-state index < -0.39 is 296 Å². The largest absolute Gasteiger partial charge is 0.508 e. The van der Waals surface area contributed by atoms with Gasteiger partial charge in [-0.2, -0.15) is 0 Å². The predicted molar refractivity (Wildman–Crippen MR) is 482 cm³/mol. The Labute approximate surface area is 789 Å². The Hall–Kier alpha value is -11.2. The van der Waals surface area contributed by atoms with Crippen LogP contribution in [0.15, 0.2) is 127 Å². The summed E-state index contributed by atoms with van der Waals surface area (Å²) in [7, 11) is 6.31. The van der Waals surface area contributed by atoms with Crippen LogP contribution in [0, 0.1) is 0 Å². The third-order valence-electron chi connectivity index (χ3n) is 24.4. The van der Waals surface area contributed by atoms with E-state index in [4.69, 9.17) is 88.9 Å². The third-order valence-corrected chi connectivity index (χ3v) is 25.3. The number of aromatic hydroxyl groups is 3. The molecule has 8 amide bonds. The van der Waals surface area contributed by atoms with Crippen molar-refractivity contribution >= 4 is 88.0 Å². The molecule has 8 heterocycles. The Kier molecular flexibility index (Phi) is 31.9. The van der Waals surface area contributed by atoms with Crippen molar-refractivity contribution in [2.75, 3.05) is 54.5 Å². The van der Waals surface area contributed by atoms with Crippen LogP contribution in [0.3, 0.4) is 0 Å². The maximum Gasteiger partial charge on any atom is 0.333 e. The third kappa shape index (κ3) is 23.2. The van der Waals surface area contributed by atoms with Gasteiger partial charge in [-0.05, 0) is 168 Å². The van der Waals surface area contributed by atoms with Crippen LogP contribution in [0.5, 0.6) is 46.0 Å². The van der Waals surface area contributed by atoms with Gasteiger partial charge in [-0.3, -0.25) is 38.4 Å².